The molecule has 1 aromatic carbocycles. The first-order chi connectivity index (χ1) is 7.92. The zero-order valence-corrected chi connectivity index (χ0v) is 10.6. The Hall–Kier alpha value is -1.40. The van der Waals surface area contributed by atoms with Gasteiger partial charge in [-0.2, -0.15) is 0 Å². The predicted octanol–water partition coefficient (Wildman–Crippen LogP) is 0.489. The van der Waals surface area contributed by atoms with Gasteiger partial charge in [0.1, 0.15) is 0 Å². The van der Waals surface area contributed by atoms with Crippen molar-refractivity contribution < 1.29 is 13.2 Å². The van der Waals surface area contributed by atoms with E-state index in [4.69, 9.17) is 0 Å². The van der Waals surface area contributed by atoms with Crippen molar-refractivity contribution in [1.29, 1.82) is 0 Å². The summed E-state index contributed by atoms with van der Waals surface area (Å²) in [5.74, 6) is -0.348. The summed E-state index contributed by atoms with van der Waals surface area (Å²) in [5.41, 5.74) is 0. The Labute approximate surface area is 101 Å². The third-order valence-electron chi connectivity index (χ3n) is 1.93. The average Bonchev–Trinajstić information content (AvgIpc) is 2.27. The lowest BCUT2D eigenvalue weighted by atomic mass is 10.4. The Bertz CT molecular complexity index is 469. The Balaban J connectivity index is 2.60. The maximum absolute atomic E-state index is 11.7. The van der Waals surface area contributed by atoms with E-state index in [-0.39, 0.29) is 23.4 Å². The fourth-order valence-electron chi connectivity index (χ4n) is 1.22. The highest BCUT2D eigenvalue weighted by Gasteiger charge is 2.14. The van der Waals surface area contributed by atoms with E-state index in [1.165, 1.54) is 12.1 Å². The number of carbonyl (C=O) groups is 1. The fraction of sp³-hybridized carbons (Fsp3) is 0.364. The van der Waals surface area contributed by atoms with Crippen LogP contribution in [0.3, 0.4) is 0 Å². The fourth-order valence-corrected chi connectivity index (χ4v) is 2.22. The molecule has 0 aliphatic carbocycles. The second kappa shape index (κ2) is 5.79. The molecule has 0 spiro atoms. The Morgan fingerprint density at radius 1 is 1.24 bits per heavy atom. The molecule has 0 fully saturated rings. The first-order valence-corrected chi connectivity index (χ1v) is 6.74. The molecule has 0 atom stereocenters. The van der Waals surface area contributed by atoms with Gasteiger partial charge in [0.2, 0.25) is 15.9 Å². The van der Waals surface area contributed by atoms with Gasteiger partial charge in [-0.3, -0.25) is 4.79 Å². The van der Waals surface area contributed by atoms with Crippen LogP contribution in [-0.2, 0) is 14.8 Å². The van der Waals surface area contributed by atoms with Gasteiger partial charge < -0.3 is 5.32 Å². The molecule has 94 valence electrons. The number of rotatable bonds is 5. The molecular formula is C11H16N2O3S. The molecule has 17 heavy (non-hydrogen) atoms. The first kappa shape index (κ1) is 13.7. The molecule has 0 bridgehead atoms. The van der Waals surface area contributed by atoms with Crippen molar-refractivity contribution in [1.82, 2.24) is 10.0 Å². The van der Waals surface area contributed by atoms with E-state index in [1.807, 2.05) is 13.8 Å². The SMILES string of the molecule is CC(C)NC(=O)CNS(=O)(=O)c1ccccc1. The normalized spacial score (nSPS) is 11.5. The summed E-state index contributed by atoms with van der Waals surface area (Å²) >= 11 is 0. The molecule has 0 saturated heterocycles. The zero-order chi connectivity index (χ0) is 12.9. The van der Waals surface area contributed by atoms with Crippen molar-refractivity contribution in [2.75, 3.05) is 6.54 Å². The lowest BCUT2D eigenvalue weighted by molar-refractivity contribution is -0.120. The summed E-state index contributed by atoms with van der Waals surface area (Å²) in [6, 6.07) is 7.92. The molecule has 0 saturated carbocycles. The zero-order valence-electron chi connectivity index (χ0n) is 9.80. The van der Waals surface area contributed by atoms with Crippen molar-refractivity contribution in [3.05, 3.63) is 30.3 Å². The van der Waals surface area contributed by atoms with Crippen LogP contribution in [0.25, 0.3) is 0 Å². The molecule has 0 radical (unpaired) electrons. The Kier molecular flexibility index (Phi) is 4.65. The van der Waals surface area contributed by atoms with Gasteiger partial charge in [-0.05, 0) is 26.0 Å². The predicted molar refractivity (Wildman–Crippen MR) is 64.9 cm³/mol. The molecule has 5 nitrogen and oxygen atoms in total. The van der Waals surface area contributed by atoms with Crippen molar-refractivity contribution in [2.24, 2.45) is 0 Å². The van der Waals surface area contributed by atoms with E-state index in [1.54, 1.807) is 18.2 Å². The summed E-state index contributed by atoms with van der Waals surface area (Å²) in [4.78, 5) is 11.4. The highest BCUT2D eigenvalue weighted by atomic mass is 32.2. The van der Waals surface area contributed by atoms with Crippen LogP contribution >= 0.6 is 0 Å². The van der Waals surface area contributed by atoms with Crippen LogP contribution in [0.5, 0.6) is 0 Å². The van der Waals surface area contributed by atoms with E-state index >= 15 is 0 Å². The van der Waals surface area contributed by atoms with Crippen LogP contribution in [0.1, 0.15) is 13.8 Å². The van der Waals surface area contributed by atoms with Crippen LogP contribution < -0.4 is 10.0 Å². The van der Waals surface area contributed by atoms with Crippen LogP contribution in [0.2, 0.25) is 0 Å². The smallest absolute Gasteiger partial charge is 0.241 e. The second-order valence-corrected chi connectivity index (χ2v) is 5.63. The largest absolute Gasteiger partial charge is 0.353 e. The summed E-state index contributed by atoms with van der Waals surface area (Å²) in [6.07, 6.45) is 0. The number of amides is 1. The minimum Gasteiger partial charge on any atom is -0.353 e. The maximum Gasteiger partial charge on any atom is 0.241 e. The van der Waals surface area contributed by atoms with Gasteiger partial charge in [0.05, 0.1) is 11.4 Å². The van der Waals surface area contributed by atoms with Crippen molar-refractivity contribution in [2.45, 2.75) is 24.8 Å². The number of benzene rings is 1. The van der Waals surface area contributed by atoms with E-state index in [2.05, 4.69) is 10.0 Å². The standard InChI is InChI=1S/C11H16N2O3S/c1-9(2)13-11(14)8-12-17(15,16)10-6-4-3-5-7-10/h3-7,9,12H,8H2,1-2H3,(H,13,14). The van der Waals surface area contributed by atoms with Crippen molar-refractivity contribution >= 4 is 15.9 Å². The molecule has 1 aromatic rings. The van der Waals surface area contributed by atoms with E-state index in [0.29, 0.717) is 0 Å². The van der Waals surface area contributed by atoms with Crippen LogP contribution in [0.15, 0.2) is 35.2 Å². The van der Waals surface area contributed by atoms with Crippen LogP contribution in [-0.4, -0.2) is 26.9 Å². The molecule has 1 amide bonds. The Morgan fingerprint density at radius 3 is 2.35 bits per heavy atom. The highest BCUT2D eigenvalue weighted by Crippen LogP contribution is 2.06. The minimum absolute atomic E-state index is 0.0104. The van der Waals surface area contributed by atoms with Gasteiger partial charge >= 0.3 is 0 Å². The van der Waals surface area contributed by atoms with E-state index < -0.39 is 10.0 Å². The lowest BCUT2D eigenvalue weighted by Crippen LogP contribution is -2.39. The van der Waals surface area contributed by atoms with Gasteiger partial charge in [0.25, 0.3) is 0 Å². The number of hydrogen-bond acceptors (Lipinski definition) is 3. The molecule has 6 heteroatoms. The first-order valence-electron chi connectivity index (χ1n) is 5.26. The summed E-state index contributed by atoms with van der Waals surface area (Å²) < 4.78 is 25.7. The van der Waals surface area contributed by atoms with Crippen molar-refractivity contribution in [3.63, 3.8) is 0 Å². The maximum atomic E-state index is 11.7. The second-order valence-electron chi connectivity index (χ2n) is 3.86. The van der Waals surface area contributed by atoms with Gasteiger partial charge in [-0.15, -0.1) is 0 Å². The Morgan fingerprint density at radius 2 is 1.82 bits per heavy atom. The van der Waals surface area contributed by atoms with Crippen LogP contribution in [0.4, 0.5) is 0 Å². The third kappa shape index (κ3) is 4.54. The molecule has 2 N–H and O–H groups in total. The molecule has 0 unspecified atom stereocenters. The van der Waals surface area contributed by atoms with E-state index in [0.717, 1.165) is 0 Å². The summed E-state index contributed by atoms with van der Waals surface area (Å²) in [7, 11) is -3.60. The number of hydrogen-bond donors (Lipinski definition) is 2. The number of sulfonamides is 1. The number of carbonyl (C=O) groups excluding carboxylic acids is 1. The minimum atomic E-state index is -3.60. The highest BCUT2D eigenvalue weighted by molar-refractivity contribution is 7.89. The summed E-state index contributed by atoms with van der Waals surface area (Å²) in [5, 5.41) is 2.60. The third-order valence-corrected chi connectivity index (χ3v) is 3.34. The molecule has 0 aromatic heterocycles. The van der Waals surface area contributed by atoms with Crippen LogP contribution in [0, 0.1) is 0 Å². The average molecular weight is 256 g/mol. The quantitative estimate of drug-likeness (QED) is 0.805. The van der Waals surface area contributed by atoms with Gasteiger partial charge in [-0.1, -0.05) is 18.2 Å². The van der Waals surface area contributed by atoms with Gasteiger partial charge in [-0.25, -0.2) is 13.1 Å². The van der Waals surface area contributed by atoms with Gasteiger partial charge in [0.15, 0.2) is 0 Å². The molecule has 1 rings (SSSR count). The van der Waals surface area contributed by atoms with E-state index in [9.17, 15) is 13.2 Å². The van der Waals surface area contributed by atoms with Gasteiger partial charge in [0, 0.05) is 6.04 Å². The molecule has 0 aliphatic rings. The molecule has 0 heterocycles. The topological polar surface area (TPSA) is 75.3 Å². The molecular weight excluding hydrogens is 240 g/mol. The number of nitrogens with one attached hydrogen (secondary N) is 2. The monoisotopic (exact) mass is 256 g/mol. The lowest BCUT2D eigenvalue weighted by Gasteiger charge is -2.09. The summed E-state index contributed by atoms with van der Waals surface area (Å²) in [6.45, 7) is 3.36. The molecule has 0 aliphatic heterocycles. The van der Waals surface area contributed by atoms with Crippen molar-refractivity contribution in [3.8, 4) is 0 Å².